The predicted molar refractivity (Wildman–Crippen MR) is 85.9 cm³/mol. The summed E-state index contributed by atoms with van der Waals surface area (Å²) >= 11 is 0. The summed E-state index contributed by atoms with van der Waals surface area (Å²) in [5.74, 6) is 1.73. The Balaban J connectivity index is 2.17. The monoisotopic (exact) mass is 285 g/mol. The van der Waals surface area contributed by atoms with E-state index in [0.29, 0.717) is 6.61 Å². The Morgan fingerprint density at radius 2 is 1.67 bits per heavy atom. The van der Waals surface area contributed by atoms with Crippen LogP contribution in [0.3, 0.4) is 0 Å². The highest BCUT2D eigenvalue weighted by Gasteiger charge is 2.13. The molecule has 0 amide bonds. The Bertz CT molecular complexity index is 551. The maximum absolute atomic E-state index is 6.38. The fourth-order valence-corrected chi connectivity index (χ4v) is 2.20. The molecule has 0 saturated heterocycles. The van der Waals surface area contributed by atoms with E-state index in [2.05, 4.69) is 6.92 Å². The minimum Gasteiger partial charge on any atom is -0.494 e. The average molecular weight is 285 g/mol. The van der Waals surface area contributed by atoms with Gasteiger partial charge in [0.2, 0.25) is 0 Å². The lowest BCUT2D eigenvalue weighted by molar-refractivity contribution is 0.317. The van der Waals surface area contributed by atoms with Crippen molar-refractivity contribution in [3.63, 3.8) is 0 Å². The topological polar surface area (TPSA) is 44.5 Å². The van der Waals surface area contributed by atoms with Crippen molar-refractivity contribution in [3.05, 3.63) is 59.7 Å². The fourth-order valence-electron chi connectivity index (χ4n) is 2.20. The predicted octanol–water partition coefficient (Wildman–Crippen LogP) is 3.92. The van der Waals surface area contributed by atoms with Crippen LogP contribution in [0, 0.1) is 0 Å². The smallest absolute Gasteiger partial charge is 0.124 e. The molecule has 2 N–H and O–H groups in total. The van der Waals surface area contributed by atoms with Crippen LogP contribution in [0.1, 0.15) is 37.4 Å². The van der Waals surface area contributed by atoms with E-state index in [4.69, 9.17) is 15.2 Å². The highest BCUT2D eigenvalue weighted by Crippen LogP contribution is 2.29. The second kappa shape index (κ2) is 7.70. The number of rotatable bonds is 7. The third-order valence-corrected chi connectivity index (χ3v) is 3.27. The molecule has 0 aromatic heterocycles. The highest BCUT2D eigenvalue weighted by molar-refractivity contribution is 5.42. The number of nitrogens with two attached hydrogens (primary N) is 1. The zero-order valence-electron chi connectivity index (χ0n) is 12.7. The van der Waals surface area contributed by atoms with E-state index in [9.17, 15) is 0 Å². The van der Waals surface area contributed by atoms with E-state index in [1.165, 1.54) is 0 Å². The molecule has 112 valence electrons. The molecule has 0 spiro atoms. The molecule has 0 saturated carbocycles. The lowest BCUT2D eigenvalue weighted by atomic mass is 9.99. The van der Waals surface area contributed by atoms with Gasteiger partial charge in [-0.15, -0.1) is 0 Å². The van der Waals surface area contributed by atoms with Crippen molar-refractivity contribution < 1.29 is 9.47 Å². The Morgan fingerprint density at radius 3 is 2.33 bits per heavy atom. The molecule has 0 aliphatic rings. The largest absolute Gasteiger partial charge is 0.494 e. The summed E-state index contributed by atoms with van der Waals surface area (Å²) < 4.78 is 11.2. The van der Waals surface area contributed by atoms with Crippen molar-refractivity contribution in [2.45, 2.75) is 26.3 Å². The number of benzene rings is 2. The molecule has 21 heavy (non-hydrogen) atoms. The van der Waals surface area contributed by atoms with E-state index in [-0.39, 0.29) is 6.04 Å². The summed E-state index contributed by atoms with van der Waals surface area (Å²) in [4.78, 5) is 0. The van der Waals surface area contributed by atoms with E-state index in [0.717, 1.165) is 35.7 Å². The standard InChI is InChI=1S/C18H23NO2/c1-3-13-21-15-11-9-14(10-12-15)18(19)16-7-5-6-8-17(16)20-4-2/h5-12,18H,3-4,13,19H2,1-2H3. The van der Waals surface area contributed by atoms with Crippen LogP contribution in [0.15, 0.2) is 48.5 Å². The molecule has 0 aliphatic heterocycles. The van der Waals surface area contributed by atoms with E-state index >= 15 is 0 Å². The first kappa shape index (κ1) is 15.4. The summed E-state index contributed by atoms with van der Waals surface area (Å²) in [6, 6.07) is 15.7. The second-order valence-corrected chi connectivity index (χ2v) is 4.87. The zero-order chi connectivity index (χ0) is 15.1. The van der Waals surface area contributed by atoms with Gasteiger partial charge in [0.15, 0.2) is 0 Å². The van der Waals surface area contributed by atoms with Gasteiger partial charge in [0.1, 0.15) is 11.5 Å². The van der Waals surface area contributed by atoms with Gasteiger partial charge >= 0.3 is 0 Å². The molecule has 2 aromatic carbocycles. The molecular formula is C18H23NO2. The van der Waals surface area contributed by atoms with Crippen LogP contribution in [0.2, 0.25) is 0 Å². The summed E-state index contributed by atoms with van der Waals surface area (Å²) in [7, 11) is 0. The first-order chi connectivity index (χ1) is 10.3. The van der Waals surface area contributed by atoms with Crippen molar-refractivity contribution in [1.29, 1.82) is 0 Å². The van der Waals surface area contributed by atoms with Gasteiger partial charge in [-0.05, 0) is 37.1 Å². The summed E-state index contributed by atoms with van der Waals surface area (Å²) in [6.07, 6.45) is 1.00. The molecule has 0 radical (unpaired) electrons. The van der Waals surface area contributed by atoms with Crippen LogP contribution in [0.4, 0.5) is 0 Å². The molecule has 1 atom stereocenters. The van der Waals surface area contributed by atoms with Crippen LogP contribution in [0.5, 0.6) is 11.5 Å². The Kier molecular flexibility index (Phi) is 5.64. The number of hydrogen-bond acceptors (Lipinski definition) is 3. The van der Waals surface area contributed by atoms with Crippen LogP contribution in [0.25, 0.3) is 0 Å². The zero-order valence-corrected chi connectivity index (χ0v) is 12.7. The molecule has 3 heteroatoms. The molecule has 2 rings (SSSR count). The normalized spacial score (nSPS) is 12.0. The van der Waals surface area contributed by atoms with Gasteiger partial charge in [-0.25, -0.2) is 0 Å². The van der Waals surface area contributed by atoms with Crippen LogP contribution in [-0.4, -0.2) is 13.2 Å². The van der Waals surface area contributed by atoms with Gasteiger partial charge in [-0.2, -0.15) is 0 Å². The number of ether oxygens (including phenoxy) is 2. The molecule has 2 aromatic rings. The molecule has 0 bridgehead atoms. The molecule has 3 nitrogen and oxygen atoms in total. The quantitative estimate of drug-likeness (QED) is 0.838. The summed E-state index contributed by atoms with van der Waals surface area (Å²) in [6.45, 7) is 5.43. The lowest BCUT2D eigenvalue weighted by Crippen LogP contribution is -2.13. The average Bonchev–Trinajstić information content (AvgIpc) is 2.53. The third kappa shape index (κ3) is 3.99. The molecule has 0 aliphatic carbocycles. The fraction of sp³-hybridized carbons (Fsp3) is 0.333. The highest BCUT2D eigenvalue weighted by atomic mass is 16.5. The Morgan fingerprint density at radius 1 is 0.952 bits per heavy atom. The second-order valence-electron chi connectivity index (χ2n) is 4.87. The van der Waals surface area contributed by atoms with Gasteiger partial charge < -0.3 is 15.2 Å². The van der Waals surface area contributed by atoms with Crippen molar-refractivity contribution in [1.82, 2.24) is 0 Å². The van der Waals surface area contributed by atoms with Crippen molar-refractivity contribution in [2.75, 3.05) is 13.2 Å². The minimum atomic E-state index is -0.201. The van der Waals surface area contributed by atoms with E-state index < -0.39 is 0 Å². The summed E-state index contributed by atoms with van der Waals surface area (Å²) in [5.41, 5.74) is 8.43. The van der Waals surface area contributed by atoms with E-state index in [1.807, 2.05) is 55.5 Å². The summed E-state index contributed by atoms with van der Waals surface area (Å²) in [5, 5.41) is 0. The van der Waals surface area contributed by atoms with Gasteiger partial charge in [0, 0.05) is 5.56 Å². The lowest BCUT2D eigenvalue weighted by Gasteiger charge is -2.17. The van der Waals surface area contributed by atoms with Crippen molar-refractivity contribution in [3.8, 4) is 11.5 Å². The van der Waals surface area contributed by atoms with Crippen LogP contribution >= 0.6 is 0 Å². The van der Waals surface area contributed by atoms with Crippen LogP contribution < -0.4 is 15.2 Å². The SMILES string of the molecule is CCCOc1ccc(C(N)c2ccccc2OCC)cc1. The third-order valence-electron chi connectivity index (χ3n) is 3.27. The van der Waals surface area contributed by atoms with Gasteiger partial charge in [0.25, 0.3) is 0 Å². The number of hydrogen-bond donors (Lipinski definition) is 1. The Labute approximate surface area is 126 Å². The van der Waals surface area contributed by atoms with Crippen LogP contribution in [-0.2, 0) is 0 Å². The number of para-hydroxylation sites is 1. The first-order valence-corrected chi connectivity index (χ1v) is 7.46. The molecule has 0 fully saturated rings. The minimum absolute atomic E-state index is 0.201. The molecular weight excluding hydrogens is 262 g/mol. The molecule has 0 heterocycles. The van der Waals surface area contributed by atoms with Gasteiger partial charge in [0.05, 0.1) is 19.3 Å². The maximum Gasteiger partial charge on any atom is 0.124 e. The molecule has 1 unspecified atom stereocenters. The Hall–Kier alpha value is -2.00. The van der Waals surface area contributed by atoms with Crippen molar-refractivity contribution >= 4 is 0 Å². The van der Waals surface area contributed by atoms with Gasteiger partial charge in [-0.3, -0.25) is 0 Å². The first-order valence-electron chi connectivity index (χ1n) is 7.46. The maximum atomic E-state index is 6.38. The van der Waals surface area contributed by atoms with Crippen molar-refractivity contribution in [2.24, 2.45) is 5.73 Å². The van der Waals surface area contributed by atoms with Gasteiger partial charge in [-0.1, -0.05) is 37.3 Å². The van der Waals surface area contributed by atoms with E-state index in [1.54, 1.807) is 0 Å².